The first-order valence-electron chi connectivity index (χ1n) is 4.30. The van der Waals surface area contributed by atoms with E-state index in [1.807, 2.05) is 7.05 Å². The standard InChI is InChI=1S/C8H12N2O3S.Na/c1-10-3-2-6-4-8(14(9,11)12)13-7(6)5-10;/h4H,2-3,5H2,1H3,(H2,9,11,12);. The molecule has 2 N–H and O–H groups in total. The molecule has 7 heteroatoms. The normalized spacial score (nSPS) is 16.9. The minimum Gasteiger partial charge on any atom is -0.447 e. The van der Waals surface area contributed by atoms with Crippen molar-refractivity contribution >= 4 is 39.6 Å². The van der Waals surface area contributed by atoms with Crippen LogP contribution in [0.5, 0.6) is 0 Å². The molecule has 5 nitrogen and oxygen atoms in total. The van der Waals surface area contributed by atoms with Gasteiger partial charge in [-0.1, -0.05) is 0 Å². The number of hydrogen-bond acceptors (Lipinski definition) is 4. The van der Waals surface area contributed by atoms with Crippen LogP contribution < -0.4 is 5.14 Å². The monoisotopic (exact) mass is 239 g/mol. The fourth-order valence-electron chi connectivity index (χ4n) is 1.56. The van der Waals surface area contributed by atoms with Crippen LogP contribution >= 0.6 is 0 Å². The number of furan rings is 1. The summed E-state index contributed by atoms with van der Waals surface area (Å²) in [6.07, 6.45) is 0.810. The molecular formula is C8H12N2NaO3S. The van der Waals surface area contributed by atoms with Crippen LogP contribution in [0.2, 0.25) is 0 Å². The molecule has 0 fully saturated rings. The number of fused-ring (bicyclic) bond motifs is 1. The molecular weight excluding hydrogens is 227 g/mol. The summed E-state index contributed by atoms with van der Waals surface area (Å²) in [5.41, 5.74) is 0.951. The van der Waals surface area contributed by atoms with Crippen molar-refractivity contribution in [3.63, 3.8) is 0 Å². The van der Waals surface area contributed by atoms with E-state index in [9.17, 15) is 8.42 Å². The Kier molecular flexibility index (Phi) is 4.02. The van der Waals surface area contributed by atoms with Gasteiger partial charge in [0.2, 0.25) is 5.09 Å². The second-order valence-electron chi connectivity index (χ2n) is 3.55. The van der Waals surface area contributed by atoms with E-state index >= 15 is 0 Å². The maximum atomic E-state index is 11.0. The Morgan fingerprint density at radius 1 is 1.53 bits per heavy atom. The molecule has 1 aromatic rings. The fourth-order valence-corrected chi connectivity index (χ4v) is 2.08. The van der Waals surface area contributed by atoms with Gasteiger partial charge in [-0.25, -0.2) is 13.6 Å². The maximum Gasteiger partial charge on any atom is 0.271 e. The van der Waals surface area contributed by atoms with Gasteiger partial charge in [0, 0.05) is 42.2 Å². The van der Waals surface area contributed by atoms with Gasteiger partial charge in [0.15, 0.2) is 0 Å². The zero-order valence-corrected chi connectivity index (χ0v) is 11.7. The maximum absolute atomic E-state index is 11.0. The van der Waals surface area contributed by atoms with Crippen LogP contribution in [-0.4, -0.2) is 56.5 Å². The summed E-state index contributed by atoms with van der Waals surface area (Å²) in [5.74, 6) is 0.711. The molecule has 79 valence electrons. The SMILES string of the molecule is CN1CCc2cc(S(N)(=O)=O)oc2C1.[Na]. The van der Waals surface area contributed by atoms with Crippen molar-refractivity contribution in [3.05, 3.63) is 17.4 Å². The smallest absolute Gasteiger partial charge is 0.271 e. The van der Waals surface area contributed by atoms with Crippen molar-refractivity contribution < 1.29 is 12.8 Å². The van der Waals surface area contributed by atoms with Gasteiger partial charge in [0.25, 0.3) is 10.0 Å². The molecule has 0 spiro atoms. The van der Waals surface area contributed by atoms with Gasteiger partial charge in [-0.3, -0.25) is 4.90 Å². The molecule has 1 aliphatic heterocycles. The molecule has 0 saturated heterocycles. The third-order valence-corrected chi connectivity index (χ3v) is 3.09. The predicted molar refractivity (Wildman–Crippen MR) is 55.9 cm³/mol. The quantitative estimate of drug-likeness (QED) is 0.672. The van der Waals surface area contributed by atoms with E-state index in [1.54, 1.807) is 0 Å². The average molecular weight is 239 g/mol. The van der Waals surface area contributed by atoms with Crippen molar-refractivity contribution in [1.29, 1.82) is 0 Å². The molecule has 1 radical (unpaired) electrons. The van der Waals surface area contributed by atoms with Gasteiger partial charge in [0.1, 0.15) is 5.76 Å². The Morgan fingerprint density at radius 3 is 2.80 bits per heavy atom. The minimum atomic E-state index is -3.70. The zero-order chi connectivity index (χ0) is 10.3. The van der Waals surface area contributed by atoms with Crippen LogP contribution in [0.4, 0.5) is 0 Å². The van der Waals surface area contributed by atoms with Crippen molar-refractivity contribution in [3.8, 4) is 0 Å². The Hall–Kier alpha value is 0.150. The second kappa shape index (κ2) is 4.57. The molecule has 0 saturated carbocycles. The van der Waals surface area contributed by atoms with Crippen molar-refractivity contribution in [1.82, 2.24) is 4.90 Å². The number of hydrogen-bond donors (Lipinski definition) is 1. The second-order valence-corrected chi connectivity index (χ2v) is 5.04. The Bertz CT molecular complexity index is 454. The van der Waals surface area contributed by atoms with E-state index in [2.05, 4.69) is 4.90 Å². The first-order chi connectivity index (χ1) is 6.47. The first kappa shape index (κ1) is 13.2. The Labute approximate surface area is 111 Å². The molecule has 2 heterocycles. The van der Waals surface area contributed by atoms with Crippen molar-refractivity contribution in [2.75, 3.05) is 13.6 Å². The van der Waals surface area contributed by atoms with Crippen molar-refractivity contribution in [2.24, 2.45) is 5.14 Å². The topological polar surface area (TPSA) is 76.5 Å². The van der Waals surface area contributed by atoms with Crippen LogP contribution in [0.3, 0.4) is 0 Å². The summed E-state index contributed by atoms with van der Waals surface area (Å²) in [7, 11) is -1.74. The number of rotatable bonds is 1. The van der Waals surface area contributed by atoms with E-state index < -0.39 is 10.0 Å². The predicted octanol–water partition coefficient (Wildman–Crippen LogP) is -0.466. The van der Waals surface area contributed by atoms with Gasteiger partial charge in [0.05, 0.1) is 6.54 Å². The molecule has 0 bridgehead atoms. The Morgan fingerprint density at radius 2 is 2.20 bits per heavy atom. The minimum absolute atomic E-state index is 0. The van der Waals surface area contributed by atoms with Gasteiger partial charge in [-0.15, -0.1) is 0 Å². The molecule has 0 unspecified atom stereocenters. The van der Waals surface area contributed by atoms with Crippen molar-refractivity contribution in [2.45, 2.75) is 18.1 Å². The first-order valence-corrected chi connectivity index (χ1v) is 5.84. The summed E-state index contributed by atoms with van der Waals surface area (Å²) in [6, 6.07) is 1.53. The van der Waals surface area contributed by atoms with E-state index in [0.717, 1.165) is 18.5 Å². The van der Waals surface area contributed by atoms with Crippen LogP contribution in [0.25, 0.3) is 0 Å². The number of likely N-dealkylation sites (N-methyl/N-ethyl adjacent to an activating group) is 1. The summed E-state index contributed by atoms with van der Waals surface area (Å²) in [6.45, 7) is 1.56. The van der Waals surface area contributed by atoms with E-state index in [1.165, 1.54) is 6.07 Å². The van der Waals surface area contributed by atoms with Crippen LogP contribution in [0.1, 0.15) is 11.3 Å². The molecule has 1 aliphatic rings. The third kappa shape index (κ3) is 2.83. The van der Waals surface area contributed by atoms with E-state index in [0.29, 0.717) is 12.3 Å². The molecule has 0 atom stereocenters. The molecule has 0 amide bonds. The largest absolute Gasteiger partial charge is 0.447 e. The Balaban J connectivity index is 0.00000112. The van der Waals surface area contributed by atoms with Gasteiger partial charge in [-0.05, 0) is 19.0 Å². The number of sulfonamides is 1. The summed E-state index contributed by atoms with van der Waals surface area (Å²) in [4.78, 5) is 2.07. The molecule has 1 aromatic heterocycles. The molecule has 2 rings (SSSR count). The van der Waals surface area contributed by atoms with Gasteiger partial charge >= 0.3 is 0 Å². The molecule has 0 aliphatic carbocycles. The number of primary sulfonamides is 1. The van der Waals surface area contributed by atoms with E-state index in [-0.39, 0.29) is 34.6 Å². The summed E-state index contributed by atoms with van der Waals surface area (Å²) >= 11 is 0. The number of nitrogens with zero attached hydrogens (tertiary/aromatic N) is 1. The summed E-state index contributed by atoms with van der Waals surface area (Å²) < 4.78 is 27.2. The van der Waals surface area contributed by atoms with Gasteiger partial charge in [-0.2, -0.15) is 0 Å². The number of nitrogens with two attached hydrogens (primary N) is 1. The van der Waals surface area contributed by atoms with Crippen LogP contribution in [-0.2, 0) is 23.0 Å². The fraction of sp³-hybridized carbons (Fsp3) is 0.500. The third-order valence-electron chi connectivity index (χ3n) is 2.33. The van der Waals surface area contributed by atoms with Crippen LogP contribution in [0, 0.1) is 0 Å². The van der Waals surface area contributed by atoms with Crippen LogP contribution in [0.15, 0.2) is 15.6 Å². The van der Waals surface area contributed by atoms with Gasteiger partial charge < -0.3 is 4.42 Å². The zero-order valence-electron chi connectivity index (χ0n) is 8.86. The summed E-state index contributed by atoms with van der Waals surface area (Å²) in [5, 5.41) is 4.84. The average Bonchev–Trinajstić information content (AvgIpc) is 2.45. The molecule has 0 aromatic carbocycles. The van der Waals surface area contributed by atoms with E-state index in [4.69, 9.17) is 9.56 Å². The molecule has 15 heavy (non-hydrogen) atoms.